The lowest BCUT2D eigenvalue weighted by Gasteiger charge is -2.28. The molecule has 54 heavy (non-hydrogen) atoms. The van der Waals surface area contributed by atoms with Crippen molar-refractivity contribution < 1.29 is 23.9 Å². The highest BCUT2D eigenvalue weighted by Crippen LogP contribution is 2.33. The van der Waals surface area contributed by atoms with Crippen LogP contribution >= 0.6 is 0 Å². The normalized spacial score (nSPS) is 14.3. The van der Waals surface area contributed by atoms with Crippen molar-refractivity contribution in [1.29, 1.82) is 0 Å². The number of nitrogens with zero attached hydrogens (tertiary/aromatic N) is 2. The van der Waals surface area contributed by atoms with Crippen LogP contribution in [-0.2, 0) is 27.2 Å². The molecule has 2 aliphatic heterocycles. The summed E-state index contributed by atoms with van der Waals surface area (Å²) in [6, 6.07) is 31.1. The molecule has 2 amide bonds. The van der Waals surface area contributed by atoms with E-state index in [1.165, 1.54) is 12.8 Å². The number of fused-ring (bicyclic) bond motifs is 2. The van der Waals surface area contributed by atoms with Crippen LogP contribution in [0.3, 0.4) is 0 Å². The van der Waals surface area contributed by atoms with Gasteiger partial charge in [0.05, 0.1) is 13.1 Å². The number of rotatable bonds is 11. The molecular weight excluding hydrogens is 673 g/mol. The van der Waals surface area contributed by atoms with E-state index >= 15 is 0 Å². The first-order chi connectivity index (χ1) is 26.4. The minimum atomic E-state index is -0.0705. The highest BCUT2D eigenvalue weighted by molar-refractivity contribution is 6.00. The standard InChI is InChI=1S/C24H23NO2.C23H23NO3/c26-22(12-10-19-6-7-19)17-25-15-14-21-16-20(11-13-23(21)24(25)27)9-8-18-4-2-1-3-5-18;1-27-15-5-8-21(25)17-24-14-13-20-16-19(11-12-22(20)23(24)26)10-9-18-6-3-2-4-7-18/h1-5,11,13,16,19H,6-7,10,12,14-15,17H2;2-4,6-7,11-12,16H,5,8,13-15,17H2,1H3. The summed E-state index contributed by atoms with van der Waals surface area (Å²) >= 11 is 0. The second-order valence-electron chi connectivity index (χ2n) is 14.1. The molecule has 7 heteroatoms. The molecule has 4 aromatic carbocycles. The largest absolute Gasteiger partial charge is 0.385 e. The van der Waals surface area contributed by atoms with E-state index in [0.717, 1.165) is 58.6 Å². The number of hydrogen-bond donors (Lipinski definition) is 0. The van der Waals surface area contributed by atoms with E-state index in [-0.39, 0.29) is 36.5 Å². The third-order valence-electron chi connectivity index (χ3n) is 9.86. The maximum atomic E-state index is 12.7. The first kappa shape index (κ1) is 38.0. The summed E-state index contributed by atoms with van der Waals surface area (Å²) in [5.41, 5.74) is 7.17. The molecule has 0 unspecified atom stereocenters. The minimum Gasteiger partial charge on any atom is -0.385 e. The van der Waals surface area contributed by atoms with E-state index in [0.29, 0.717) is 50.1 Å². The van der Waals surface area contributed by atoms with Crippen LogP contribution in [0.1, 0.15) is 92.6 Å². The molecule has 0 atom stereocenters. The Morgan fingerprint density at radius 3 is 1.56 bits per heavy atom. The van der Waals surface area contributed by atoms with Gasteiger partial charge in [-0.25, -0.2) is 0 Å². The van der Waals surface area contributed by atoms with Gasteiger partial charge in [0, 0.05) is 73.0 Å². The monoisotopic (exact) mass is 718 g/mol. The molecule has 7 rings (SSSR count). The molecule has 4 aromatic rings. The first-order valence-corrected chi connectivity index (χ1v) is 18.9. The number of ketones is 2. The van der Waals surface area contributed by atoms with Crippen molar-refractivity contribution in [2.24, 2.45) is 5.92 Å². The van der Waals surface area contributed by atoms with Crippen LogP contribution in [0.4, 0.5) is 0 Å². The number of benzene rings is 4. The fourth-order valence-electron chi connectivity index (χ4n) is 6.63. The maximum Gasteiger partial charge on any atom is 0.254 e. The van der Waals surface area contributed by atoms with Crippen molar-refractivity contribution in [1.82, 2.24) is 9.80 Å². The Morgan fingerprint density at radius 2 is 1.09 bits per heavy atom. The summed E-state index contributed by atoms with van der Waals surface area (Å²) < 4.78 is 4.97. The van der Waals surface area contributed by atoms with Crippen molar-refractivity contribution in [3.05, 3.63) is 142 Å². The molecule has 1 aliphatic carbocycles. The van der Waals surface area contributed by atoms with Crippen LogP contribution in [-0.4, -0.2) is 73.1 Å². The SMILES string of the molecule is COCCCC(=O)CN1CCc2cc(C#Cc3ccccc3)ccc2C1=O.O=C(CCC1CC1)CN1CCc2cc(C#Cc3ccccc3)ccc2C1=O. The van der Waals surface area contributed by atoms with Gasteiger partial charge in [-0.1, -0.05) is 72.9 Å². The smallest absolute Gasteiger partial charge is 0.254 e. The molecule has 0 spiro atoms. The molecule has 0 aromatic heterocycles. The third kappa shape index (κ3) is 10.9. The van der Waals surface area contributed by atoms with Gasteiger partial charge in [-0.05, 0) is 103 Å². The van der Waals surface area contributed by atoms with E-state index in [1.807, 2.05) is 97.1 Å². The molecule has 0 saturated heterocycles. The summed E-state index contributed by atoms with van der Waals surface area (Å²) in [4.78, 5) is 53.0. The van der Waals surface area contributed by atoms with Gasteiger partial charge in [0.2, 0.25) is 0 Å². The average Bonchev–Trinajstić information content (AvgIpc) is 4.04. The Hall–Kier alpha value is -5.76. The summed E-state index contributed by atoms with van der Waals surface area (Å²) in [7, 11) is 1.62. The van der Waals surface area contributed by atoms with Crippen LogP contribution < -0.4 is 0 Å². The van der Waals surface area contributed by atoms with E-state index in [1.54, 1.807) is 16.9 Å². The Kier molecular flexibility index (Phi) is 13.2. The Labute approximate surface area is 318 Å². The summed E-state index contributed by atoms with van der Waals surface area (Å²) in [6.07, 6.45) is 6.77. The quantitative estimate of drug-likeness (QED) is 0.124. The number of carbonyl (C=O) groups is 4. The predicted molar refractivity (Wildman–Crippen MR) is 210 cm³/mol. The van der Waals surface area contributed by atoms with Gasteiger partial charge in [-0.15, -0.1) is 0 Å². The Bertz CT molecular complexity index is 2100. The zero-order chi connectivity index (χ0) is 37.7. The highest BCUT2D eigenvalue weighted by atomic mass is 16.5. The Morgan fingerprint density at radius 1 is 0.630 bits per heavy atom. The number of hydrogen-bond acceptors (Lipinski definition) is 5. The van der Waals surface area contributed by atoms with E-state index in [4.69, 9.17) is 4.74 Å². The van der Waals surface area contributed by atoms with Gasteiger partial charge >= 0.3 is 0 Å². The number of Topliss-reactive ketones (excluding diaryl/α,β-unsaturated/α-hetero) is 2. The summed E-state index contributed by atoms with van der Waals surface area (Å²) in [5.74, 6) is 13.5. The second kappa shape index (κ2) is 18.8. The van der Waals surface area contributed by atoms with Crippen molar-refractivity contribution >= 4 is 23.4 Å². The zero-order valence-corrected chi connectivity index (χ0v) is 30.9. The molecule has 2 heterocycles. The van der Waals surface area contributed by atoms with Crippen LogP contribution in [0.5, 0.6) is 0 Å². The number of carbonyl (C=O) groups excluding carboxylic acids is 4. The van der Waals surface area contributed by atoms with Gasteiger partial charge in [0.15, 0.2) is 11.6 Å². The van der Waals surface area contributed by atoms with Crippen LogP contribution in [0.2, 0.25) is 0 Å². The van der Waals surface area contributed by atoms with Gasteiger partial charge in [0.1, 0.15) is 0 Å². The molecule has 1 fully saturated rings. The maximum absolute atomic E-state index is 12.7. The van der Waals surface area contributed by atoms with Crippen LogP contribution in [0.25, 0.3) is 0 Å². The van der Waals surface area contributed by atoms with Gasteiger partial charge in [-0.3, -0.25) is 19.2 Å². The lowest BCUT2D eigenvalue weighted by molar-refractivity contribution is -0.120. The lowest BCUT2D eigenvalue weighted by atomic mass is 9.96. The second-order valence-corrected chi connectivity index (χ2v) is 14.1. The van der Waals surface area contributed by atoms with Crippen molar-refractivity contribution in [2.45, 2.75) is 51.4 Å². The lowest BCUT2D eigenvalue weighted by Crippen LogP contribution is -2.40. The molecule has 3 aliphatic rings. The number of amides is 2. The number of methoxy groups -OCH3 is 1. The fourth-order valence-corrected chi connectivity index (χ4v) is 6.63. The van der Waals surface area contributed by atoms with Crippen molar-refractivity contribution in [3.63, 3.8) is 0 Å². The van der Waals surface area contributed by atoms with Crippen LogP contribution in [0.15, 0.2) is 97.1 Å². The molecule has 0 N–H and O–H groups in total. The molecule has 274 valence electrons. The summed E-state index contributed by atoms with van der Waals surface area (Å²) in [6.45, 7) is 2.17. The van der Waals surface area contributed by atoms with Crippen LogP contribution in [0, 0.1) is 29.6 Å². The molecule has 1 saturated carbocycles. The topological polar surface area (TPSA) is 84.0 Å². The van der Waals surface area contributed by atoms with Crippen molar-refractivity contribution in [3.8, 4) is 23.7 Å². The van der Waals surface area contributed by atoms with E-state index < -0.39 is 0 Å². The predicted octanol–water partition coefficient (Wildman–Crippen LogP) is 6.92. The number of ether oxygens (including phenoxy) is 1. The minimum absolute atomic E-state index is 0.0291. The highest BCUT2D eigenvalue weighted by Gasteiger charge is 2.28. The van der Waals surface area contributed by atoms with Crippen molar-refractivity contribution in [2.75, 3.05) is 39.9 Å². The molecular formula is C47H46N2O5. The fraction of sp³-hybridized carbons (Fsp3) is 0.319. The first-order valence-electron chi connectivity index (χ1n) is 18.9. The zero-order valence-electron chi connectivity index (χ0n) is 30.9. The Balaban J connectivity index is 0.000000184. The van der Waals surface area contributed by atoms with E-state index in [2.05, 4.69) is 23.7 Å². The van der Waals surface area contributed by atoms with Gasteiger partial charge < -0.3 is 14.5 Å². The summed E-state index contributed by atoms with van der Waals surface area (Å²) in [5, 5.41) is 0. The average molecular weight is 719 g/mol. The third-order valence-corrected chi connectivity index (χ3v) is 9.86. The molecule has 0 radical (unpaired) electrons. The molecule has 0 bridgehead atoms. The van der Waals surface area contributed by atoms with Gasteiger partial charge in [-0.2, -0.15) is 0 Å². The molecule has 7 nitrogen and oxygen atoms in total. The van der Waals surface area contributed by atoms with E-state index in [9.17, 15) is 19.2 Å². The van der Waals surface area contributed by atoms with Gasteiger partial charge in [0.25, 0.3) is 11.8 Å².